The summed E-state index contributed by atoms with van der Waals surface area (Å²) in [4.78, 5) is 16.1. The van der Waals surface area contributed by atoms with Crippen molar-refractivity contribution in [2.24, 2.45) is 0 Å². The second kappa shape index (κ2) is 3.80. The van der Waals surface area contributed by atoms with Gasteiger partial charge in [-0.2, -0.15) is 5.10 Å². The lowest BCUT2D eigenvalue weighted by Crippen LogP contribution is -2.08. The van der Waals surface area contributed by atoms with E-state index in [-0.39, 0.29) is 6.04 Å². The van der Waals surface area contributed by atoms with Gasteiger partial charge in [0, 0.05) is 11.7 Å². The van der Waals surface area contributed by atoms with Crippen molar-refractivity contribution in [3.8, 4) is 0 Å². The number of rotatable bonds is 2. The summed E-state index contributed by atoms with van der Waals surface area (Å²) in [5, 5.41) is 14.4. The third-order valence-electron chi connectivity index (χ3n) is 3.47. The lowest BCUT2D eigenvalue weighted by Gasteiger charge is -2.09. The van der Waals surface area contributed by atoms with Gasteiger partial charge in [0.2, 0.25) is 0 Å². The fourth-order valence-corrected chi connectivity index (χ4v) is 2.68. The number of carboxylic acid groups (broad SMARTS) is 1. The summed E-state index contributed by atoms with van der Waals surface area (Å²) < 4.78 is 1.79. The Kier molecular flexibility index (Phi) is 2.36. The average Bonchev–Trinajstić information content (AvgIpc) is 2.89. The topological polar surface area (TPSA) is 68.0 Å². The Balaban J connectivity index is 2.39. The summed E-state index contributed by atoms with van der Waals surface area (Å²) in [5.74, 6) is -0.871. The Morgan fingerprint density at radius 2 is 2.22 bits per heavy atom. The van der Waals surface area contributed by atoms with Crippen LogP contribution in [0.5, 0.6) is 0 Å². The molecule has 1 aliphatic rings. The number of pyridine rings is 1. The first-order valence-electron chi connectivity index (χ1n) is 6.22. The number of aromatic nitrogens is 3. The third kappa shape index (κ3) is 1.43. The lowest BCUT2D eigenvalue weighted by atomic mass is 10.0. The molecule has 0 saturated heterocycles. The molecule has 0 radical (unpaired) electrons. The van der Waals surface area contributed by atoms with Crippen molar-refractivity contribution < 1.29 is 9.90 Å². The van der Waals surface area contributed by atoms with E-state index < -0.39 is 5.97 Å². The van der Waals surface area contributed by atoms with Crippen molar-refractivity contribution in [3.63, 3.8) is 0 Å². The first kappa shape index (κ1) is 11.2. The first-order valence-corrected chi connectivity index (χ1v) is 6.22. The number of carbonyl (C=O) groups is 1. The minimum absolute atomic E-state index is 0.177. The second-order valence-electron chi connectivity index (χ2n) is 4.99. The van der Waals surface area contributed by atoms with Crippen molar-refractivity contribution >= 4 is 17.0 Å². The van der Waals surface area contributed by atoms with E-state index in [1.54, 1.807) is 10.9 Å². The zero-order valence-corrected chi connectivity index (χ0v) is 10.5. The van der Waals surface area contributed by atoms with Gasteiger partial charge in [-0.3, -0.25) is 0 Å². The van der Waals surface area contributed by atoms with Crippen LogP contribution in [0, 0.1) is 0 Å². The molecule has 94 valence electrons. The monoisotopic (exact) mass is 245 g/mol. The lowest BCUT2D eigenvalue weighted by molar-refractivity contribution is 0.0698. The fourth-order valence-electron chi connectivity index (χ4n) is 2.68. The van der Waals surface area contributed by atoms with Gasteiger partial charge in [0.05, 0.1) is 17.1 Å². The summed E-state index contributed by atoms with van der Waals surface area (Å²) in [6, 6.07) is 0.177. The highest BCUT2D eigenvalue weighted by Crippen LogP contribution is 2.30. The van der Waals surface area contributed by atoms with E-state index in [1.807, 2.05) is 13.8 Å². The number of nitrogens with zero attached hydrogens (tertiary/aromatic N) is 3. The summed E-state index contributed by atoms with van der Waals surface area (Å²) in [7, 11) is 0. The molecular formula is C13H15N3O2. The smallest absolute Gasteiger partial charge is 0.336 e. The Morgan fingerprint density at radius 3 is 2.89 bits per heavy atom. The maximum Gasteiger partial charge on any atom is 0.336 e. The van der Waals surface area contributed by atoms with Crippen LogP contribution in [0.3, 0.4) is 0 Å². The molecule has 0 unspecified atom stereocenters. The van der Waals surface area contributed by atoms with Crippen molar-refractivity contribution in [1.82, 2.24) is 14.8 Å². The van der Waals surface area contributed by atoms with Crippen LogP contribution in [-0.2, 0) is 12.8 Å². The van der Waals surface area contributed by atoms with Crippen molar-refractivity contribution in [2.75, 3.05) is 0 Å². The van der Waals surface area contributed by atoms with E-state index in [1.165, 1.54) is 0 Å². The first-order chi connectivity index (χ1) is 8.59. The Hall–Kier alpha value is -1.91. The number of aromatic carboxylic acids is 1. The maximum atomic E-state index is 11.5. The number of hydrogen-bond donors (Lipinski definition) is 1. The second-order valence-corrected chi connectivity index (χ2v) is 4.99. The van der Waals surface area contributed by atoms with Crippen molar-refractivity contribution in [1.29, 1.82) is 0 Å². The number of aryl methyl sites for hydroxylation is 1. The van der Waals surface area contributed by atoms with Crippen LogP contribution in [0.2, 0.25) is 0 Å². The highest BCUT2D eigenvalue weighted by Gasteiger charge is 2.25. The molecule has 2 heterocycles. The van der Waals surface area contributed by atoms with Gasteiger partial charge in [-0.1, -0.05) is 0 Å². The van der Waals surface area contributed by atoms with Crippen LogP contribution in [0.1, 0.15) is 47.9 Å². The maximum absolute atomic E-state index is 11.5. The molecule has 0 saturated carbocycles. The van der Waals surface area contributed by atoms with Crippen LogP contribution in [-0.4, -0.2) is 25.8 Å². The SMILES string of the molecule is CC(C)n1ncc2c(C(=O)O)c3c(nc21)CCC3. The molecule has 3 rings (SSSR count). The van der Waals surface area contributed by atoms with Crippen molar-refractivity contribution in [3.05, 3.63) is 23.0 Å². The van der Waals surface area contributed by atoms with E-state index in [4.69, 9.17) is 0 Å². The van der Waals surface area contributed by atoms with Gasteiger partial charge >= 0.3 is 5.97 Å². The van der Waals surface area contributed by atoms with Crippen LogP contribution >= 0.6 is 0 Å². The Labute approximate surface area is 104 Å². The molecule has 2 aromatic rings. The predicted octanol–water partition coefficient (Wildman–Crippen LogP) is 2.20. The standard InChI is InChI=1S/C13H15N3O2/c1-7(2)16-12-9(6-14-16)11(13(17)18)8-4-3-5-10(8)15-12/h6-7H,3-5H2,1-2H3,(H,17,18). The van der Waals surface area contributed by atoms with Gasteiger partial charge in [0.1, 0.15) is 0 Å². The quantitative estimate of drug-likeness (QED) is 0.880. The molecule has 0 atom stereocenters. The summed E-state index contributed by atoms with van der Waals surface area (Å²) in [6.07, 6.45) is 4.30. The van der Waals surface area contributed by atoms with Gasteiger partial charge in [0.15, 0.2) is 5.65 Å². The van der Waals surface area contributed by atoms with E-state index in [9.17, 15) is 9.90 Å². The molecule has 5 nitrogen and oxygen atoms in total. The predicted molar refractivity (Wildman–Crippen MR) is 66.9 cm³/mol. The molecule has 1 aliphatic carbocycles. The molecule has 2 aromatic heterocycles. The van der Waals surface area contributed by atoms with Gasteiger partial charge in [-0.15, -0.1) is 0 Å². The molecule has 0 amide bonds. The van der Waals surface area contributed by atoms with Crippen molar-refractivity contribution in [2.45, 2.75) is 39.2 Å². The van der Waals surface area contributed by atoms with Crippen LogP contribution < -0.4 is 0 Å². The zero-order valence-electron chi connectivity index (χ0n) is 10.5. The summed E-state index contributed by atoms with van der Waals surface area (Å²) in [6.45, 7) is 4.03. The van der Waals surface area contributed by atoms with Gasteiger partial charge in [-0.05, 0) is 38.7 Å². The Bertz CT molecular complexity index is 643. The van der Waals surface area contributed by atoms with Gasteiger partial charge < -0.3 is 5.11 Å². The Morgan fingerprint density at radius 1 is 1.44 bits per heavy atom. The van der Waals surface area contributed by atoms with Crippen LogP contribution in [0.25, 0.3) is 11.0 Å². The molecule has 0 bridgehead atoms. The molecule has 5 heteroatoms. The zero-order chi connectivity index (χ0) is 12.9. The van der Waals surface area contributed by atoms with E-state index >= 15 is 0 Å². The van der Waals surface area contributed by atoms with Crippen LogP contribution in [0.4, 0.5) is 0 Å². The van der Waals surface area contributed by atoms with Gasteiger partial charge in [0.25, 0.3) is 0 Å². The molecule has 0 spiro atoms. The van der Waals surface area contributed by atoms with Crippen LogP contribution in [0.15, 0.2) is 6.20 Å². The van der Waals surface area contributed by atoms with E-state index in [2.05, 4.69) is 10.1 Å². The highest BCUT2D eigenvalue weighted by molar-refractivity contribution is 6.03. The molecule has 18 heavy (non-hydrogen) atoms. The normalized spacial score (nSPS) is 14.4. The van der Waals surface area contributed by atoms with E-state index in [0.717, 1.165) is 30.5 Å². The minimum atomic E-state index is -0.871. The third-order valence-corrected chi connectivity index (χ3v) is 3.47. The summed E-state index contributed by atoms with van der Waals surface area (Å²) >= 11 is 0. The van der Waals surface area contributed by atoms with E-state index in [0.29, 0.717) is 16.6 Å². The molecule has 0 fully saturated rings. The molecule has 1 N–H and O–H groups in total. The summed E-state index contributed by atoms with van der Waals surface area (Å²) in [5.41, 5.74) is 2.93. The number of hydrogen-bond acceptors (Lipinski definition) is 3. The largest absolute Gasteiger partial charge is 0.478 e. The number of fused-ring (bicyclic) bond motifs is 2. The highest BCUT2D eigenvalue weighted by atomic mass is 16.4. The van der Waals surface area contributed by atoms with Gasteiger partial charge in [-0.25, -0.2) is 14.5 Å². The number of carboxylic acids is 1. The molecule has 0 aliphatic heterocycles. The minimum Gasteiger partial charge on any atom is -0.478 e. The average molecular weight is 245 g/mol. The molecular weight excluding hydrogens is 230 g/mol. The fraction of sp³-hybridized carbons (Fsp3) is 0.462. The molecule has 0 aromatic carbocycles.